The normalized spacial score (nSPS) is 10.5. The van der Waals surface area contributed by atoms with E-state index < -0.39 is 11.9 Å². The second-order valence-electron chi connectivity index (χ2n) is 4.44. The fraction of sp³-hybridized carbons (Fsp3) is 0.0625. The monoisotopic (exact) mass is 376 g/mol. The summed E-state index contributed by atoms with van der Waals surface area (Å²) in [5.41, 5.74) is 3.16. The lowest BCUT2D eigenvalue weighted by Gasteiger charge is -2.07. The zero-order valence-corrected chi connectivity index (χ0v) is 13.7. The average molecular weight is 377 g/mol. The Morgan fingerprint density at radius 3 is 2.65 bits per heavy atom. The molecule has 2 aromatic carbocycles. The minimum Gasteiger partial charge on any atom is -0.496 e. The molecule has 0 radical (unpaired) electrons. The van der Waals surface area contributed by atoms with Crippen LogP contribution in [-0.4, -0.2) is 30.3 Å². The third kappa shape index (κ3) is 4.17. The summed E-state index contributed by atoms with van der Waals surface area (Å²) in [5.74, 6) is -1.12. The minimum absolute atomic E-state index is 0.102. The Hall–Kier alpha value is -2.67. The SMILES string of the molecule is COc1ccc(Br)cc1C(=O)N/N=C\c1ccccc1C(=O)O. The largest absolute Gasteiger partial charge is 0.496 e. The highest BCUT2D eigenvalue weighted by atomic mass is 79.9. The van der Waals surface area contributed by atoms with E-state index in [0.29, 0.717) is 16.9 Å². The molecule has 0 atom stereocenters. The van der Waals surface area contributed by atoms with Gasteiger partial charge in [0.2, 0.25) is 0 Å². The first-order valence-corrected chi connectivity index (χ1v) is 7.31. The molecule has 0 aromatic heterocycles. The average Bonchev–Trinajstić information content (AvgIpc) is 2.55. The fourth-order valence-electron chi connectivity index (χ4n) is 1.88. The predicted molar refractivity (Wildman–Crippen MR) is 89.2 cm³/mol. The van der Waals surface area contributed by atoms with Gasteiger partial charge in [-0.2, -0.15) is 5.10 Å². The van der Waals surface area contributed by atoms with Gasteiger partial charge < -0.3 is 9.84 Å². The Bertz CT molecular complexity index is 774. The Kier molecular flexibility index (Phi) is 5.48. The highest BCUT2D eigenvalue weighted by molar-refractivity contribution is 9.10. The van der Waals surface area contributed by atoms with Crippen LogP contribution in [0.4, 0.5) is 0 Å². The summed E-state index contributed by atoms with van der Waals surface area (Å²) in [6.45, 7) is 0. The van der Waals surface area contributed by atoms with Gasteiger partial charge in [0, 0.05) is 10.0 Å². The molecule has 0 saturated heterocycles. The van der Waals surface area contributed by atoms with Gasteiger partial charge in [-0.15, -0.1) is 0 Å². The highest BCUT2D eigenvalue weighted by Gasteiger charge is 2.12. The molecule has 7 heteroatoms. The number of halogens is 1. The van der Waals surface area contributed by atoms with Gasteiger partial charge in [-0.05, 0) is 24.3 Å². The maximum absolute atomic E-state index is 12.1. The van der Waals surface area contributed by atoms with E-state index in [1.165, 1.54) is 19.4 Å². The van der Waals surface area contributed by atoms with Gasteiger partial charge in [0.25, 0.3) is 5.91 Å². The molecule has 0 aliphatic heterocycles. The van der Waals surface area contributed by atoms with E-state index in [0.717, 1.165) is 4.47 Å². The number of carboxylic acid groups (broad SMARTS) is 1. The molecule has 23 heavy (non-hydrogen) atoms. The number of rotatable bonds is 5. The Morgan fingerprint density at radius 2 is 1.96 bits per heavy atom. The van der Waals surface area contributed by atoms with Gasteiger partial charge in [-0.25, -0.2) is 10.2 Å². The lowest BCUT2D eigenvalue weighted by molar-refractivity contribution is 0.0696. The molecule has 2 aromatic rings. The molecule has 0 heterocycles. The number of methoxy groups -OCH3 is 1. The van der Waals surface area contributed by atoms with Crippen LogP contribution in [0.15, 0.2) is 52.0 Å². The van der Waals surface area contributed by atoms with Crippen LogP contribution in [0, 0.1) is 0 Å². The van der Waals surface area contributed by atoms with E-state index in [9.17, 15) is 9.59 Å². The highest BCUT2D eigenvalue weighted by Crippen LogP contribution is 2.22. The minimum atomic E-state index is -1.06. The number of benzene rings is 2. The van der Waals surface area contributed by atoms with Crippen molar-refractivity contribution >= 4 is 34.0 Å². The Balaban J connectivity index is 2.17. The second-order valence-corrected chi connectivity index (χ2v) is 5.35. The topological polar surface area (TPSA) is 88.0 Å². The van der Waals surface area contributed by atoms with Crippen LogP contribution < -0.4 is 10.2 Å². The van der Waals surface area contributed by atoms with Crippen LogP contribution in [0.1, 0.15) is 26.3 Å². The molecule has 0 saturated carbocycles. The molecule has 2 rings (SSSR count). The number of hydrogen-bond acceptors (Lipinski definition) is 4. The number of carbonyl (C=O) groups is 2. The van der Waals surface area contributed by atoms with E-state index in [1.54, 1.807) is 36.4 Å². The summed E-state index contributed by atoms with van der Waals surface area (Å²) in [6, 6.07) is 11.4. The van der Waals surface area contributed by atoms with Crippen LogP contribution in [0.2, 0.25) is 0 Å². The van der Waals surface area contributed by atoms with E-state index >= 15 is 0 Å². The smallest absolute Gasteiger partial charge is 0.336 e. The summed E-state index contributed by atoms with van der Waals surface area (Å²) in [4.78, 5) is 23.2. The van der Waals surface area contributed by atoms with Crippen molar-refractivity contribution in [2.45, 2.75) is 0 Å². The van der Waals surface area contributed by atoms with Crippen molar-refractivity contribution in [3.8, 4) is 5.75 Å². The maximum atomic E-state index is 12.1. The molecular weight excluding hydrogens is 364 g/mol. The number of hydrazone groups is 1. The number of carbonyl (C=O) groups excluding carboxylic acids is 1. The van der Waals surface area contributed by atoms with Crippen molar-refractivity contribution in [2.75, 3.05) is 7.11 Å². The number of carboxylic acids is 1. The first-order valence-electron chi connectivity index (χ1n) is 6.52. The summed E-state index contributed by atoms with van der Waals surface area (Å²) in [6.07, 6.45) is 1.28. The van der Waals surface area contributed by atoms with Crippen molar-refractivity contribution in [1.29, 1.82) is 0 Å². The maximum Gasteiger partial charge on any atom is 0.336 e. The second kappa shape index (κ2) is 7.55. The Morgan fingerprint density at radius 1 is 1.22 bits per heavy atom. The van der Waals surface area contributed by atoms with Gasteiger partial charge >= 0.3 is 5.97 Å². The lowest BCUT2D eigenvalue weighted by Crippen LogP contribution is -2.18. The molecule has 1 amide bonds. The van der Waals surface area contributed by atoms with Gasteiger partial charge in [-0.1, -0.05) is 34.1 Å². The molecule has 0 unspecified atom stereocenters. The summed E-state index contributed by atoms with van der Waals surface area (Å²) >= 11 is 3.28. The van der Waals surface area contributed by atoms with Crippen LogP contribution in [0.25, 0.3) is 0 Å². The van der Waals surface area contributed by atoms with E-state index in [1.807, 2.05) is 0 Å². The number of ether oxygens (including phenoxy) is 1. The summed E-state index contributed by atoms with van der Waals surface area (Å²) in [7, 11) is 1.46. The lowest BCUT2D eigenvalue weighted by atomic mass is 10.1. The van der Waals surface area contributed by atoms with Crippen molar-refractivity contribution in [3.05, 3.63) is 63.6 Å². The van der Waals surface area contributed by atoms with Crippen molar-refractivity contribution in [3.63, 3.8) is 0 Å². The predicted octanol–water partition coefficient (Wildman–Crippen LogP) is 2.92. The van der Waals surface area contributed by atoms with E-state index in [4.69, 9.17) is 9.84 Å². The van der Waals surface area contributed by atoms with E-state index in [-0.39, 0.29) is 5.56 Å². The molecule has 0 aliphatic rings. The van der Waals surface area contributed by atoms with Crippen LogP contribution in [0.5, 0.6) is 5.75 Å². The number of nitrogens with one attached hydrogen (secondary N) is 1. The molecule has 0 aliphatic carbocycles. The zero-order chi connectivity index (χ0) is 16.8. The number of amides is 1. The summed E-state index contributed by atoms with van der Waals surface area (Å²) < 4.78 is 5.85. The first kappa shape index (κ1) is 16.7. The zero-order valence-electron chi connectivity index (χ0n) is 12.1. The molecule has 0 bridgehead atoms. The van der Waals surface area contributed by atoms with Crippen molar-refractivity contribution < 1.29 is 19.4 Å². The quantitative estimate of drug-likeness (QED) is 0.620. The molecule has 2 N–H and O–H groups in total. The van der Waals surface area contributed by atoms with Crippen LogP contribution in [0.3, 0.4) is 0 Å². The molecule has 6 nitrogen and oxygen atoms in total. The number of hydrogen-bond donors (Lipinski definition) is 2. The van der Waals surface area contributed by atoms with E-state index in [2.05, 4.69) is 26.5 Å². The third-order valence-corrected chi connectivity index (χ3v) is 3.46. The van der Waals surface area contributed by atoms with Gasteiger partial charge in [0.15, 0.2) is 0 Å². The van der Waals surface area contributed by atoms with Crippen molar-refractivity contribution in [1.82, 2.24) is 5.43 Å². The van der Waals surface area contributed by atoms with Crippen molar-refractivity contribution in [2.24, 2.45) is 5.10 Å². The summed E-state index contributed by atoms with van der Waals surface area (Å²) in [5, 5.41) is 12.9. The van der Waals surface area contributed by atoms with Gasteiger partial charge in [0.1, 0.15) is 5.75 Å². The van der Waals surface area contributed by atoms with Gasteiger partial charge in [0.05, 0.1) is 24.5 Å². The van der Waals surface area contributed by atoms with Crippen LogP contribution in [-0.2, 0) is 0 Å². The first-order chi connectivity index (χ1) is 11.0. The molecular formula is C16H13BrN2O4. The third-order valence-electron chi connectivity index (χ3n) is 2.97. The number of aromatic carboxylic acids is 1. The standard InChI is InChI=1S/C16H13BrN2O4/c1-23-14-7-6-11(17)8-13(14)15(20)19-18-9-10-4-2-3-5-12(10)16(21)22/h2-9H,1H3,(H,19,20)(H,21,22)/b18-9-. The van der Waals surface area contributed by atoms with Crippen LogP contribution >= 0.6 is 15.9 Å². The molecule has 0 spiro atoms. The number of nitrogens with zero attached hydrogens (tertiary/aromatic N) is 1. The molecule has 118 valence electrons. The Labute approximate surface area is 140 Å². The fourth-order valence-corrected chi connectivity index (χ4v) is 2.24. The molecule has 0 fully saturated rings. The van der Waals surface area contributed by atoms with Gasteiger partial charge in [-0.3, -0.25) is 4.79 Å².